The number of fused-ring (bicyclic) bond motifs is 1. The summed E-state index contributed by atoms with van der Waals surface area (Å²) >= 11 is 0. The lowest BCUT2D eigenvalue weighted by Gasteiger charge is -2.14. The Morgan fingerprint density at radius 2 is 1.26 bits per heavy atom. The van der Waals surface area contributed by atoms with Crippen LogP contribution in [0, 0.1) is 6.92 Å². The van der Waals surface area contributed by atoms with Gasteiger partial charge in [-0.1, -0.05) is 72.3 Å². The van der Waals surface area contributed by atoms with E-state index < -0.39 is 17.4 Å². The molecule has 2 amide bonds. The van der Waals surface area contributed by atoms with Crippen LogP contribution in [0.1, 0.15) is 42.2 Å². The van der Waals surface area contributed by atoms with Crippen molar-refractivity contribution in [2.24, 2.45) is 0 Å². The summed E-state index contributed by atoms with van der Waals surface area (Å²) in [6.45, 7) is 1.86. The van der Waals surface area contributed by atoms with Crippen LogP contribution in [0.2, 0.25) is 0 Å². The number of hydrogen-bond donors (Lipinski definition) is 2. The zero-order valence-electron chi connectivity index (χ0n) is 20.4. The standard InChI is InChI=1S/C31H22N2O5/c1-19-15-16-26(23(17-19)28(34)20-9-3-2-4-10-20)33-29(35)22-12-6-7-13-25(22)32-30(36)24-18-21-11-5-8-14-27(21)38-31(24)37/h2-18H,1H3,(H,32,36)(H,33,35). The van der Waals surface area contributed by atoms with Crippen molar-refractivity contribution >= 4 is 39.9 Å². The second-order valence-electron chi connectivity index (χ2n) is 8.68. The van der Waals surface area contributed by atoms with Gasteiger partial charge in [-0.3, -0.25) is 14.4 Å². The SMILES string of the molecule is Cc1ccc(NC(=O)c2ccccc2NC(=O)c2cc3ccccc3oc2=O)c(C(=O)c2ccccc2)c1. The highest BCUT2D eigenvalue weighted by Crippen LogP contribution is 2.24. The highest BCUT2D eigenvalue weighted by Gasteiger charge is 2.20. The predicted octanol–water partition coefficient (Wildman–Crippen LogP) is 5.84. The molecule has 4 aromatic carbocycles. The Balaban J connectivity index is 1.43. The largest absolute Gasteiger partial charge is 0.422 e. The lowest BCUT2D eigenvalue weighted by Crippen LogP contribution is -2.23. The first-order valence-corrected chi connectivity index (χ1v) is 11.9. The fraction of sp³-hybridized carbons (Fsp3) is 0.0323. The van der Waals surface area contributed by atoms with E-state index in [0.29, 0.717) is 27.8 Å². The van der Waals surface area contributed by atoms with Crippen molar-refractivity contribution in [3.8, 4) is 0 Å². The van der Waals surface area contributed by atoms with Gasteiger partial charge >= 0.3 is 5.63 Å². The van der Waals surface area contributed by atoms with Gasteiger partial charge in [-0.2, -0.15) is 0 Å². The van der Waals surface area contributed by atoms with E-state index in [9.17, 15) is 19.2 Å². The molecule has 1 heterocycles. The van der Waals surface area contributed by atoms with Crippen molar-refractivity contribution in [3.63, 3.8) is 0 Å². The van der Waals surface area contributed by atoms with Gasteiger partial charge in [0.05, 0.1) is 16.9 Å². The van der Waals surface area contributed by atoms with Gasteiger partial charge in [0.2, 0.25) is 0 Å². The lowest BCUT2D eigenvalue weighted by molar-refractivity contribution is 0.102. The maximum Gasteiger partial charge on any atom is 0.349 e. The summed E-state index contributed by atoms with van der Waals surface area (Å²) in [5, 5.41) is 6.04. The van der Waals surface area contributed by atoms with Crippen LogP contribution in [0.15, 0.2) is 112 Å². The second-order valence-corrected chi connectivity index (χ2v) is 8.68. The minimum Gasteiger partial charge on any atom is -0.422 e. The fourth-order valence-corrected chi connectivity index (χ4v) is 4.09. The summed E-state index contributed by atoms with van der Waals surface area (Å²) in [6, 6.07) is 28.7. The molecule has 0 fully saturated rings. The van der Waals surface area contributed by atoms with E-state index >= 15 is 0 Å². The molecule has 186 valence electrons. The molecule has 5 aromatic rings. The number of anilines is 2. The van der Waals surface area contributed by atoms with Crippen molar-refractivity contribution < 1.29 is 18.8 Å². The molecular weight excluding hydrogens is 480 g/mol. The Morgan fingerprint density at radius 1 is 0.632 bits per heavy atom. The van der Waals surface area contributed by atoms with Crippen molar-refractivity contribution in [1.82, 2.24) is 0 Å². The smallest absolute Gasteiger partial charge is 0.349 e. The van der Waals surface area contributed by atoms with Crippen molar-refractivity contribution in [3.05, 3.63) is 141 Å². The number of carbonyl (C=O) groups is 3. The molecule has 0 aliphatic carbocycles. The van der Waals surface area contributed by atoms with Crippen LogP contribution >= 0.6 is 0 Å². The number of ketones is 1. The van der Waals surface area contributed by atoms with E-state index in [0.717, 1.165) is 5.56 Å². The zero-order chi connectivity index (χ0) is 26.6. The van der Waals surface area contributed by atoms with Crippen LogP contribution in [0.3, 0.4) is 0 Å². The van der Waals surface area contributed by atoms with Gasteiger partial charge < -0.3 is 15.1 Å². The predicted molar refractivity (Wildman–Crippen MR) is 146 cm³/mol. The van der Waals surface area contributed by atoms with Crippen LogP contribution in [0.4, 0.5) is 11.4 Å². The van der Waals surface area contributed by atoms with E-state index in [1.54, 1.807) is 91.0 Å². The minimum atomic E-state index is -0.785. The molecule has 1 aromatic heterocycles. The zero-order valence-corrected chi connectivity index (χ0v) is 20.4. The topological polar surface area (TPSA) is 105 Å². The normalized spacial score (nSPS) is 10.7. The van der Waals surface area contributed by atoms with Crippen molar-refractivity contribution in [2.75, 3.05) is 10.6 Å². The molecule has 38 heavy (non-hydrogen) atoms. The minimum absolute atomic E-state index is 0.157. The maximum absolute atomic E-state index is 13.3. The summed E-state index contributed by atoms with van der Waals surface area (Å²) < 4.78 is 5.26. The Bertz CT molecular complexity index is 1760. The highest BCUT2D eigenvalue weighted by molar-refractivity contribution is 6.17. The highest BCUT2D eigenvalue weighted by atomic mass is 16.4. The average Bonchev–Trinajstić information content (AvgIpc) is 2.94. The van der Waals surface area contributed by atoms with E-state index in [-0.39, 0.29) is 22.6 Å². The number of para-hydroxylation sites is 2. The molecule has 0 spiro atoms. The third-order valence-corrected chi connectivity index (χ3v) is 6.01. The van der Waals surface area contributed by atoms with E-state index in [4.69, 9.17) is 4.42 Å². The Kier molecular flexibility index (Phi) is 6.65. The van der Waals surface area contributed by atoms with Gasteiger partial charge in [0.25, 0.3) is 11.8 Å². The lowest BCUT2D eigenvalue weighted by atomic mass is 9.99. The van der Waals surface area contributed by atoms with Crippen molar-refractivity contribution in [1.29, 1.82) is 0 Å². The molecule has 7 heteroatoms. The van der Waals surface area contributed by atoms with Crippen LogP contribution in [-0.2, 0) is 0 Å². The number of rotatable bonds is 6. The third-order valence-electron chi connectivity index (χ3n) is 6.01. The molecule has 5 rings (SSSR count). The number of benzene rings is 4. The van der Waals surface area contributed by atoms with Crippen LogP contribution in [0.5, 0.6) is 0 Å². The number of hydrogen-bond acceptors (Lipinski definition) is 5. The summed E-state index contributed by atoms with van der Waals surface area (Å²) in [5.41, 5.74) is 1.80. The number of amides is 2. The summed E-state index contributed by atoms with van der Waals surface area (Å²) in [6.07, 6.45) is 0. The molecule has 0 saturated heterocycles. The number of carbonyl (C=O) groups excluding carboxylic acids is 3. The first kappa shape index (κ1) is 24.4. The van der Waals surface area contributed by atoms with Gasteiger partial charge in [-0.15, -0.1) is 0 Å². The number of nitrogens with one attached hydrogen (secondary N) is 2. The van der Waals surface area contributed by atoms with Crippen LogP contribution in [0.25, 0.3) is 11.0 Å². The molecule has 0 aliphatic rings. The quantitative estimate of drug-likeness (QED) is 0.224. The van der Waals surface area contributed by atoms with Gasteiger partial charge in [0.1, 0.15) is 11.1 Å². The van der Waals surface area contributed by atoms with Crippen LogP contribution in [-0.4, -0.2) is 17.6 Å². The Hall–Kier alpha value is -5.30. The fourth-order valence-electron chi connectivity index (χ4n) is 4.09. The Morgan fingerprint density at radius 3 is 2.05 bits per heavy atom. The molecule has 0 radical (unpaired) electrons. The summed E-state index contributed by atoms with van der Waals surface area (Å²) in [7, 11) is 0. The van der Waals surface area contributed by atoms with E-state index in [1.165, 1.54) is 6.07 Å². The molecule has 0 aliphatic heterocycles. The molecule has 0 unspecified atom stereocenters. The second kappa shape index (κ2) is 10.4. The molecule has 0 saturated carbocycles. The van der Waals surface area contributed by atoms with Gasteiger partial charge in [-0.25, -0.2) is 4.79 Å². The molecular formula is C31H22N2O5. The summed E-state index contributed by atoms with van der Waals surface area (Å²) in [5.74, 6) is -1.47. The van der Waals surface area contributed by atoms with E-state index in [1.807, 2.05) is 13.0 Å². The molecule has 2 N–H and O–H groups in total. The van der Waals surface area contributed by atoms with Gasteiger partial charge in [0.15, 0.2) is 5.78 Å². The van der Waals surface area contributed by atoms with E-state index in [2.05, 4.69) is 10.6 Å². The van der Waals surface area contributed by atoms with Crippen molar-refractivity contribution in [2.45, 2.75) is 6.92 Å². The number of aryl methyl sites for hydroxylation is 1. The van der Waals surface area contributed by atoms with Gasteiger partial charge in [0, 0.05) is 16.5 Å². The monoisotopic (exact) mass is 502 g/mol. The van der Waals surface area contributed by atoms with Gasteiger partial charge in [-0.05, 0) is 43.3 Å². The molecule has 0 atom stereocenters. The first-order valence-electron chi connectivity index (χ1n) is 11.9. The molecule has 0 bridgehead atoms. The molecule has 7 nitrogen and oxygen atoms in total. The van der Waals surface area contributed by atoms with Crippen LogP contribution < -0.4 is 16.3 Å². The average molecular weight is 503 g/mol. The first-order chi connectivity index (χ1) is 18.4. The Labute approximate surface area is 217 Å². The summed E-state index contributed by atoms with van der Waals surface area (Å²) in [4.78, 5) is 52.0. The third kappa shape index (κ3) is 4.99. The maximum atomic E-state index is 13.3.